The van der Waals surface area contributed by atoms with Crippen LogP contribution in [0.1, 0.15) is 45.1 Å². The van der Waals surface area contributed by atoms with E-state index in [-0.39, 0.29) is 0 Å². The Morgan fingerprint density at radius 2 is 2.00 bits per heavy atom. The molecule has 4 heteroatoms. The van der Waals surface area contributed by atoms with Crippen molar-refractivity contribution in [3.8, 4) is 5.75 Å². The van der Waals surface area contributed by atoms with E-state index < -0.39 is 0 Å². The molecule has 0 bridgehead atoms. The van der Waals surface area contributed by atoms with Crippen LogP contribution in [0.2, 0.25) is 0 Å². The van der Waals surface area contributed by atoms with Crippen LogP contribution in [0.3, 0.4) is 0 Å². The number of benzene rings is 1. The molecule has 124 valence electrons. The van der Waals surface area contributed by atoms with Crippen molar-refractivity contribution in [2.45, 2.75) is 46.0 Å². The molecule has 0 aliphatic heterocycles. The topological polar surface area (TPSA) is 59.6 Å². The number of hydrogen-bond donors (Lipinski definition) is 2. The lowest BCUT2D eigenvalue weighted by atomic mass is 10.00. The number of unbranched alkanes of at least 4 members (excludes halogenated alkanes) is 1. The maximum atomic E-state index is 5.93. The smallest absolute Gasteiger partial charge is 0.188 e. The molecule has 0 aromatic heterocycles. The second-order valence-electron chi connectivity index (χ2n) is 5.67. The Morgan fingerprint density at radius 3 is 2.59 bits per heavy atom. The van der Waals surface area contributed by atoms with Crippen LogP contribution in [0.25, 0.3) is 0 Å². The molecule has 1 rings (SSSR count). The van der Waals surface area contributed by atoms with E-state index in [1.807, 2.05) is 12.1 Å². The second kappa shape index (κ2) is 10.9. The molecule has 0 aliphatic rings. The fourth-order valence-electron chi connectivity index (χ4n) is 2.33. The number of rotatable bonds is 10. The molecule has 0 aliphatic carbocycles. The molecule has 1 aromatic carbocycles. The number of nitrogens with zero attached hydrogens (tertiary/aromatic N) is 1. The summed E-state index contributed by atoms with van der Waals surface area (Å²) in [4.78, 5) is 4.47. The molecule has 0 saturated carbocycles. The first-order valence-electron chi connectivity index (χ1n) is 8.36. The maximum Gasteiger partial charge on any atom is 0.188 e. The van der Waals surface area contributed by atoms with Crippen molar-refractivity contribution in [3.63, 3.8) is 0 Å². The summed E-state index contributed by atoms with van der Waals surface area (Å²) in [7, 11) is 1.68. The van der Waals surface area contributed by atoms with Gasteiger partial charge in [0.25, 0.3) is 0 Å². The van der Waals surface area contributed by atoms with E-state index in [2.05, 4.69) is 36.3 Å². The van der Waals surface area contributed by atoms with Crippen molar-refractivity contribution in [2.24, 2.45) is 16.6 Å². The molecule has 3 N–H and O–H groups in total. The zero-order valence-corrected chi connectivity index (χ0v) is 14.3. The number of methoxy groups -OCH3 is 1. The molecule has 22 heavy (non-hydrogen) atoms. The van der Waals surface area contributed by atoms with E-state index in [0.29, 0.717) is 11.9 Å². The Morgan fingerprint density at radius 1 is 1.27 bits per heavy atom. The summed E-state index contributed by atoms with van der Waals surface area (Å²) in [6.07, 6.45) is 5.86. The van der Waals surface area contributed by atoms with Gasteiger partial charge in [-0.2, -0.15) is 0 Å². The maximum absolute atomic E-state index is 5.93. The molecular formula is C18H31N3O. The third kappa shape index (κ3) is 7.34. The summed E-state index contributed by atoms with van der Waals surface area (Å²) in [5, 5.41) is 3.19. The Hall–Kier alpha value is -1.71. The summed E-state index contributed by atoms with van der Waals surface area (Å²) in [5.41, 5.74) is 7.19. The minimum absolute atomic E-state index is 0.559. The highest BCUT2D eigenvalue weighted by atomic mass is 16.5. The minimum atomic E-state index is 0.559. The number of nitrogens with two attached hydrogens (primary N) is 1. The van der Waals surface area contributed by atoms with Crippen LogP contribution >= 0.6 is 0 Å². The summed E-state index contributed by atoms with van der Waals surface area (Å²) in [5.74, 6) is 2.10. The van der Waals surface area contributed by atoms with Gasteiger partial charge in [-0.3, -0.25) is 4.99 Å². The first-order valence-corrected chi connectivity index (χ1v) is 8.36. The highest BCUT2D eigenvalue weighted by Gasteiger charge is 2.04. The fraction of sp³-hybridized carbons (Fsp3) is 0.611. The van der Waals surface area contributed by atoms with Gasteiger partial charge in [0.2, 0.25) is 0 Å². The Kier molecular flexibility index (Phi) is 9.12. The van der Waals surface area contributed by atoms with Gasteiger partial charge in [0.1, 0.15) is 5.75 Å². The summed E-state index contributed by atoms with van der Waals surface area (Å²) >= 11 is 0. The van der Waals surface area contributed by atoms with Crippen molar-refractivity contribution in [2.75, 3.05) is 20.2 Å². The zero-order chi connectivity index (χ0) is 16.2. The molecule has 0 spiro atoms. The SMILES string of the molecule is CCCC[C@H](CC)CN=C(N)NCCc1ccc(OC)cc1. The van der Waals surface area contributed by atoms with Crippen LogP contribution in [0.4, 0.5) is 0 Å². The largest absolute Gasteiger partial charge is 0.497 e. The average Bonchev–Trinajstić information content (AvgIpc) is 2.55. The Labute approximate surface area is 135 Å². The molecule has 0 unspecified atom stereocenters. The van der Waals surface area contributed by atoms with Gasteiger partial charge in [-0.15, -0.1) is 0 Å². The third-order valence-electron chi connectivity index (χ3n) is 3.94. The molecule has 0 fully saturated rings. The summed E-state index contributed by atoms with van der Waals surface area (Å²) in [6.45, 7) is 6.08. The summed E-state index contributed by atoms with van der Waals surface area (Å²) < 4.78 is 5.15. The lowest BCUT2D eigenvalue weighted by Crippen LogP contribution is -2.33. The van der Waals surface area contributed by atoms with E-state index in [0.717, 1.165) is 25.3 Å². The Balaban J connectivity index is 2.28. The van der Waals surface area contributed by atoms with Crippen LogP contribution in [0.15, 0.2) is 29.3 Å². The van der Waals surface area contributed by atoms with Gasteiger partial charge in [0.05, 0.1) is 7.11 Å². The van der Waals surface area contributed by atoms with Crippen molar-refractivity contribution >= 4 is 5.96 Å². The predicted octanol–water partition coefficient (Wildman–Crippen LogP) is 3.36. The van der Waals surface area contributed by atoms with E-state index in [1.54, 1.807) is 7.11 Å². The zero-order valence-electron chi connectivity index (χ0n) is 14.3. The van der Waals surface area contributed by atoms with Gasteiger partial charge in [-0.25, -0.2) is 0 Å². The summed E-state index contributed by atoms with van der Waals surface area (Å²) in [6, 6.07) is 8.11. The average molecular weight is 305 g/mol. The molecule has 0 amide bonds. The molecule has 4 nitrogen and oxygen atoms in total. The van der Waals surface area contributed by atoms with Gasteiger partial charge in [-0.1, -0.05) is 45.2 Å². The highest BCUT2D eigenvalue weighted by Crippen LogP contribution is 2.13. The minimum Gasteiger partial charge on any atom is -0.497 e. The molecule has 1 aromatic rings. The van der Waals surface area contributed by atoms with E-state index in [4.69, 9.17) is 10.5 Å². The lowest BCUT2D eigenvalue weighted by molar-refractivity contribution is 0.414. The normalized spacial score (nSPS) is 13.0. The molecule has 0 radical (unpaired) electrons. The monoisotopic (exact) mass is 305 g/mol. The van der Waals surface area contributed by atoms with Crippen LogP contribution < -0.4 is 15.8 Å². The standard InChI is InChI=1S/C18H31N3O/c1-4-6-7-15(5-2)14-21-18(19)20-13-12-16-8-10-17(22-3)11-9-16/h8-11,15H,4-7,12-14H2,1-3H3,(H3,19,20,21)/t15-/m0/s1. The predicted molar refractivity (Wildman–Crippen MR) is 94.5 cm³/mol. The van der Waals surface area contributed by atoms with Crippen LogP contribution in [-0.4, -0.2) is 26.2 Å². The Bertz CT molecular complexity index is 428. The quantitative estimate of drug-likeness (QED) is 0.515. The van der Waals surface area contributed by atoms with Gasteiger partial charge < -0.3 is 15.8 Å². The second-order valence-corrected chi connectivity index (χ2v) is 5.67. The number of hydrogen-bond acceptors (Lipinski definition) is 2. The van der Waals surface area contributed by atoms with E-state index in [9.17, 15) is 0 Å². The van der Waals surface area contributed by atoms with Gasteiger partial charge in [0, 0.05) is 13.1 Å². The fourth-order valence-corrected chi connectivity index (χ4v) is 2.33. The number of nitrogens with one attached hydrogen (secondary N) is 1. The van der Waals surface area contributed by atoms with Crippen molar-refractivity contribution in [1.82, 2.24) is 5.32 Å². The highest BCUT2D eigenvalue weighted by molar-refractivity contribution is 5.77. The number of aliphatic imine (C=N–C) groups is 1. The van der Waals surface area contributed by atoms with Gasteiger partial charge in [0.15, 0.2) is 5.96 Å². The van der Waals surface area contributed by atoms with Crippen molar-refractivity contribution in [3.05, 3.63) is 29.8 Å². The lowest BCUT2D eigenvalue weighted by Gasteiger charge is -2.12. The first kappa shape index (κ1) is 18.3. The van der Waals surface area contributed by atoms with Crippen LogP contribution in [0, 0.1) is 5.92 Å². The molecule has 0 saturated heterocycles. The van der Waals surface area contributed by atoms with E-state index >= 15 is 0 Å². The van der Waals surface area contributed by atoms with Gasteiger partial charge >= 0.3 is 0 Å². The molecular weight excluding hydrogens is 274 g/mol. The molecule has 0 heterocycles. The third-order valence-corrected chi connectivity index (χ3v) is 3.94. The van der Waals surface area contributed by atoms with Crippen molar-refractivity contribution < 1.29 is 4.74 Å². The number of guanidine groups is 1. The first-order chi connectivity index (χ1) is 10.7. The van der Waals surface area contributed by atoms with Crippen LogP contribution in [-0.2, 0) is 6.42 Å². The van der Waals surface area contributed by atoms with E-state index in [1.165, 1.54) is 31.2 Å². The number of ether oxygens (including phenoxy) is 1. The molecule has 1 atom stereocenters. The van der Waals surface area contributed by atoms with Gasteiger partial charge in [-0.05, 0) is 36.5 Å². The van der Waals surface area contributed by atoms with Crippen LogP contribution in [0.5, 0.6) is 5.75 Å². The van der Waals surface area contributed by atoms with Crippen molar-refractivity contribution in [1.29, 1.82) is 0 Å².